The van der Waals surface area contributed by atoms with Gasteiger partial charge in [0.2, 0.25) is 0 Å². The minimum absolute atomic E-state index is 0.00496. The van der Waals surface area contributed by atoms with Crippen LogP contribution in [-0.2, 0) is 4.79 Å². The van der Waals surface area contributed by atoms with Gasteiger partial charge in [0.1, 0.15) is 11.8 Å². The zero-order valence-corrected chi connectivity index (χ0v) is 11.0. The molecule has 5 nitrogen and oxygen atoms in total. The SMILES string of the molecule is Cc1ccc(O)c(C(NCCN(C)C)C(=O)O)c1. The number of nitrogens with one attached hydrogen (secondary N) is 1. The quantitative estimate of drug-likeness (QED) is 0.704. The maximum Gasteiger partial charge on any atom is 0.325 e. The normalized spacial score (nSPS) is 12.7. The molecular weight excluding hydrogens is 232 g/mol. The van der Waals surface area contributed by atoms with Crippen LogP contribution in [0.5, 0.6) is 5.75 Å². The predicted octanol–water partition coefficient (Wildman–Crippen LogP) is 0.978. The smallest absolute Gasteiger partial charge is 0.325 e. The summed E-state index contributed by atoms with van der Waals surface area (Å²) in [6.07, 6.45) is 0. The maximum atomic E-state index is 11.3. The summed E-state index contributed by atoms with van der Waals surface area (Å²) in [5.41, 5.74) is 1.32. The molecule has 5 heteroatoms. The zero-order valence-electron chi connectivity index (χ0n) is 11.0. The Labute approximate surface area is 107 Å². The summed E-state index contributed by atoms with van der Waals surface area (Å²) in [7, 11) is 3.84. The zero-order chi connectivity index (χ0) is 13.7. The number of benzene rings is 1. The van der Waals surface area contributed by atoms with Crippen LogP contribution in [0, 0.1) is 6.92 Å². The van der Waals surface area contributed by atoms with Crippen molar-refractivity contribution < 1.29 is 15.0 Å². The van der Waals surface area contributed by atoms with Crippen molar-refractivity contribution in [1.29, 1.82) is 0 Å². The fraction of sp³-hybridized carbons (Fsp3) is 0.462. The molecule has 0 radical (unpaired) electrons. The highest BCUT2D eigenvalue weighted by Crippen LogP contribution is 2.25. The van der Waals surface area contributed by atoms with Gasteiger partial charge in [-0.25, -0.2) is 0 Å². The lowest BCUT2D eigenvalue weighted by Crippen LogP contribution is -2.34. The van der Waals surface area contributed by atoms with Crippen LogP contribution in [0.1, 0.15) is 17.2 Å². The Morgan fingerprint density at radius 2 is 2.11 bits per heavy atom. The number of hydrogen-bond donors (Lipinski definition) is 3. The third-order valence-electron chi connectivity index (χ3n) is 2.65. The van der Waals surface area contributed by atoms with Gasteiger partial charge in [-0.3, -0.25) is 10.1 Å². The van der Waals surface area contributed by atoms with Gasteiger partial charge in [-0.15, -0.1) is 0 Å². The molecule has 0 aliphatic carbocycles. The third-order valence-corrected chi connectivity index (χ3v) is 2.65. The molecule has 1 unspecified atom stereocenters. The summed E-state index contributed by atoms with van der Waals surface area (Å²) in [4.78, 5) is 13.2. The van der Waals surface area contributed by atoms with Crippen molar-refractivity contribution >= 4 is 5.97 Å². The van der Waals surface area contributed by atoms with Crippen LogP contribution in [-0.4, -0.2) is 48.3 Å². The number of aromatic hydroxyl groups is 1. The van der Waals surface area contributed by atoms with E-state index in [2.05, 4.69) is 5.32 Å². The van der Waals surface area contributed by atoms with Crippen LogP contribution in [0.4, 0.5) is 0 Å². The first-order valence-electron chi connectivity index (χ1n) is 5.82. The molecule has 1 aromatic carbocycles. The van der Waals surface area contributed by atoms with Gasteiger partial charge in [-0.05, 0) is 27.1 Å². The van der Waals surface area contributed by atoms with Gasteiger partial charge in [-0.2, -0.15) is 0 Å². The molecule has 100 valence electrons. The molecule has 0 fully saturated rings. The Morgan fingerprint density at radius 1 is 1.44 bits per heavy atom. The number of carbonyl (C=O) groups is 1. The number of likely N-dealkylation sites (N-methyl/N-ethyl adjacent to an activating group) is 1. The summed E-state index contributed by atoms with van der Waals surface area (Å²) < 4.78 is 0. The molecule has 3 N–H and O–H groups in total. The van der Waals surface area contributed by atoms with Gasteiger partial charge in [-0.1, -0.05) is 17.7 Å². The lowest BCUT2D eigenvalue weighted by molar-refractivity contribution is -0.139. The first-order valence-corrected chi connectivity index (χ1v) is 5.82. The van der Waals surface area contributed by atoms with Crippen LogP contribution in [0.25, 0.3) is 0 Å². The summed E-state index contributed by atoms with van der Waals surface area (Å²) >= 11 is 0. The van der Waals surface area contributed by atoms with E-state index in [9.17, 15) is 15.0 Å². The minimum atomic E-state index is -0.991. The fourth-order valence-electron chi connectivity index (χ4n) is 1.67. The summed E-state index contributed by atoms with van der Waals surface area (Å²) in [5.74, 6) is -0.986. The molecule has 1 rings (SSSR count). The highest BCUT2D eigenvalue weighted by molar-refractivity contribution is 5.76. The van der Waals surface area contributed by atoms with Crippen LogP contribution in [0.3, 0.4) is 0 Å². The minimum Gasteiger partial charge on any atom is -0.508 e. The van der Waals surface area contributed by atoms with Crippen molar-refractivity contribution in [2.45, 2.75) is 13.0 Å². The Bertz CT molecular complexity index is 419. The number of rotatable bonds is 6. The van der Waals surface area contributed by atoms with Gasteiger partial charge in [0.15, 0.2) is 0 Å². The van der Waals surface area contributed by atoms with Gasteiger partial charge < -0.3 is 15.1 Å². The number of phenols is 1. The number of aliphatic carboxylic acids is 1. The van der Waals surface area contributed by atoms with Crippen molar-refractivity contribution in [2.24, 2.45) is 0 Å². The summed E-state index contributed by atoms with van der Waals surface area (Å²) in [6.45, 7) is 3.13. The van der Waals surface area contributed by atoms with E-state index in [4.69, 9.17) is 0 Å². The summed E-state index contributed by atoms with van der Waals surface area (Å²) in [5, 5.41) is 21.9. The fourth-order valence-corrected chi connectivity index (χ4v) is 1.67. The molecule has 0 aromatic heterocycles. The molecule has 0 aliphatic heterocycles. The van der Waals surface area contributed by atoms with Gasteiger partial charge in [0.25, 0.3) is 0 Å². The number of hydrogen-bond acceptors (Lipinski definition) is 4. The second-order valence-corrected chi connectivity index (χ2v) is 4.59. The molecule has 0 amide bonds. The van der Waals surface area contributed by atoms with Crippen molar-refractivity contribution in [3.63, 3.8) is 0 Å². The average molecular weight is 252 g/mol. The molecule has 18 heavy (non-hydrogen) atoms. The van der Waals surface area contributed by atoms with Crippen LogP contribution < -0.4 is 5.32 Å². The molecule has 1 atom stereocenters. The van der Waals surface area contributed by atoms with E-state index >= 15 is 0 Å². The Hall–Kier alpha value is -1.59. The van der Waals surface area contributed by atoms with E-state index in [-0.39, 0.29) is 5.75 Å². The Morgan fingerprint density at radius 3 is 2.67 bits per heavy atom. The standard InChI is InChI=1S/C13H20N2O3/c1-9-4-5-11(16)10(8-9)12(13(17)18)14-6-7-15(2)3/h4-5,8,12,14,16H,6-7H2,1-3H3,(H,17,18). The van der Waals surface area contributed by atoms with Crippen LogP contribution >= 0.6 is 0 Å². The van der Waals surface area contributed by atoms with E-state index in [0.29, 0.717) is 12.1 Å². The van der Waals surface area contributed by atoms with Crippen LogP contribution in [0.15, 0.2) is 18.2 Å². The molecule has 1 aromatic rings. The number of carboxylic acid groups (broad SMARTS) is 1. The van der Waals surface area contributed by atoms with Gasteiger partial charge >= 0.3 is 5.97 Å². The van der Waals surface area contributed by atoms with E-state index < -0.39 is 12.0 Å². The van der Waals surface area contributed by atoms with E-state index in [1.165, 1.54) is 6.07 Å². The van der Waals surface area contributed by atoms with Crippen LogP contribution in [0.2, 0.25) is 0 Å². The lowest BCUT2D eigenvalue weighted by Gasteiger charge is -2.18. The number of nitrogens with zero attached hydrogens (tertiary/aromatic N) is 1. The van der Waals surface area contributed by atoms with Gasteiger partial charge in [0.05, 0.1) is 0 Å². The topological polar surface area (TPSA) is 72.8 Å². The first-order chi connectivity index (χ1) is 8.41. The third kappa shape index (κ3) is 4.01. The second kappa shape index (κ2) is 6.37. The van der Waals surface area contributed by atoms with Gasteiger partial charge in [0, 0.05) is 18.7 Å². The maximum absolute atomic E-state index is 11.3. The summed E-state index contributed by atoms with van der Waals surface area (Å²) in [6, 6.07) is 4.08. The number of phenolic OH excluding ortho intramolecular Hbond substituents is 1. The second-order valence-electron chi connectivity index (χ2n) is 4.59. The van der Waals surface area contributed by atoms with Crippen molar-refractivity contribution in [3.8, 4) is 5.75 Å². The first kappa shape index (κ1) is 14.5. The monoisotopic (exact) mass is 252 g/mol. The highest BCUT2D eigenvalue weighted by Gasteiger charge is 2.22. The predicted molar refractivity (Wildman–Crippen MR) is 69.8 cm³/mol. The molecule has 0 spiro atoms. The average Bonchev–Trinajstić information content (AvgIpc) is 2.27. The van der Waals surface area contributed by atoms with E-state index in [0.717, 1.165) is 12.1 Å². The van der Waals surface area contributed by atoms with Crippen molar-refractivity contribution in [2.75, 3.05) is 27.2 Å². The number of aryl methyl sites for hydroxylation is 1. The lowest BCUT2D eigenvalue weighted by atomic mass is 10.0. The van der Waals surface area contributed by atoms with E-state index in [1.54, 1.807) is 12.1 Å². The Kier molecular flexibility index (Phi) is 5.12. The largest absolute Gasteiger partial charge is 0.508 e. The highest BCUT2D eigenvalue weighted by atomic mass is 16.4. The van der Waals surface area contributed by atoms with E-state index in [1.807, 2.05) is 25.9 Å². The molecule has 0 saturated carbocycles. The number of carboxylic acids is 1. The molecule has 0 aliphatic rings. The molecule has 0 saturated heterocycles. The Balaban J connectivity index is 2.84. The van der Waals surface area contributed by atoms with Crippen molar-refractivity contribution in [3.05, 3.63) is 29.3 Å². The molecule has 0 heterocycles. The molecule has 0 bridgehead atoms. The molecular formula is C13H20N2O3. The van der Waals surface area contributed by atoms with Crippen molar-refractivity contribution in [1.82, 2.24) is 10.2 Å².